The van der Waals surface area contributed by atoms with Crippen LogP contribution in [0.5, 0.6) is 0 Å². The molecule has 0 bridgehead atoms. The maximum atomic E-state index is 13.3. The number of aromatic nitrogens is 4. The molecule has 3 aromatic rings. The van der Waals surface area contributed by atoms with E-state index in [2.05, 4.69) is 20.5 Å². The van der Waals surface area contributed by atoms with Crippen molar-refractivity contribution in [2.24, 2.45) is 5.92 Å². The lowest BCUT2D eigenvalue weighted by Crippen LogP contribution is -2.41. The van der Waals surface area contributed by atoms with Gasteiger partial charge in [-0.3, -0.25) is 9.36 Å². The second-order valence-electron chi connectivity index (χ2n) is 6.62. The van der Waals surface area contributed by atoms with E-state index in [-0.39, 0.29) is 17.5 Å². The highest BCUT2D eigenvalue weighted by Crippen LogP contribution is 2.23. The van der Waals surface area contributed by atoms with Gasteiger partial charge in [0.1, 0.15) is 6.33 Å². The lowest BCUT2D eigenvalue weighted by Gasteiger charge is -2.32. The first kappa shape index (κ1) is 18.0. The monoisotopic (exact) mass is 384 g/mol. The van der Waals surface area contributed by atoms with Gasteiger partial charge >= 0.3 is 0 Å². The minimum atomic E-state index is -0.990. The maximum absolute atomic E-state index is 13.3. The Bertz CT molecular complexity index is 961. The van der Waals surface area contributed by atoms with E-state index >= 15 is 0 Å². The van der Waals surface area contributed by atoms with Crippen molar-refractivity contribution in [3.63, 3.8) is 0 Å². The van der Waals surface area contributed by atoms with Crippen LogP contribution in [0.3, 0.4) is 0 Å². The molecule has 0 saturated carbocycles. The van der Waals surface area contributed by atoms with Crippen molar-refractivity contribution in [3.8, 4) is 5.82 Å². The van der Waals surface area contributed by atoms with Crippen molar-refractivity contribution in [1.82, 2.24) is 19.7 Å². The minimum absolute atomic E-state index is 0.223. The number of hydrogen-bond donors (Lipinski definition) is 1. The zero-order chi connectivity index (χ0) is 19.5. The van der Waals surface area contributed by atoms with Gasteiger partial charge in [0.25, 0.3) is 0 Å². The van der Waals surface area contributed by atoms with Crippen molar-refractivity contribution in [1.29, 1.82) is 0 Å². The quantitative estimate of drug-likeness (QED) is 0.749. The molecule has 4 rings (SSSR count). The summed E-state index contributed by atoms with van der Waals surface area (Å²) in [5.74, 6) is -1.09. The Morgan fingerprint density at radius 3 is 2.64 bits per heavy atom. The molecule has 2 aromatic heterocycles. The van der Waals surface area contributed by atoms with E-state index in [0.29, 0.717) is 24.6 Å². The summed E-state index contributed by atoms with van der Waals surface area (Å²) in [5, 5.41) is 11.1. The van der Waals surface area contributed by atoms with Crippen LogP contribution in [0.25, 0.3) is 5.82 Å². The van der Waals surface area contributed by atoms with Gasteiger partial charge in [0.05, 0.1) is 5.92 Å². The molecule has 0 aliphatic carbocycles. The van der Waals surface area contributed by atoms with Gasteiger partial charge in [0, 0.05) is 37.2 Å². The standard InChI is InChI=1S/C19H18F2N6O/c20-15-4-3-14(10-16(15)21)23-19(28)13-2-1-8-26(11-13)17-5-6-18(25-24-17)27-9-7-22-12-27/h3-7,9-10,12-13H,1-2,8,11H2,(H,23,28). The van der Waals surface area contributed by atoms with E-state index in [1.165, 1.54) is 6.07 Å². The van der Waals surface area contributed by atoms with Gasteiger partial charge in [-0.1, -0.05) is 0 Å². The fraction of sp³-hybridized carbons (Fsp3) is 0.263. The molecule has 144 valence electrons. The first-order chi connectivity index (χ1) is 13.6. The van der Waals surface area contributed by atoms with Gasteiger partial charge in [-0.15, -0.1) is 10.2 Å². The molecule has 3 heterocycles. The van der Waals surface area contributed by atoms with Gasteiger partial charge in [0.2, 0.25) is 5.91 Å². The zero-order valence-electron chi connectivity index (χ0n) is 14.9. The first-order valence-corrected chi connectivity index (χ1v) is 8.93. The number of rotatable bonds is 4. The normalized spacial score (nSPS) is 16.8. The summed E-state index contributed by atoms with van der Waals surface area (Å²) >= 11 is 0. The summed E-state index contributed by atoms with van der Waals surface area (Å²) < 4.78 is 28.1. The van der Waals surface area contributed by atoms with E-state index in [9.17, 15) is 13.6 Å². The number of imidazole rings is 1. The third-order valence-corrected chi connectivity index (χ3v) is 4.71. The number of hydrogen-bond acceptors (Lipinski definition) is 5. The lowest BCUT2D eigenvalue weighted by atomic mass is 9.97. The number of halogens is 2. The topological polar surface area (TPSA) is 75.9 Å². The number of amides is 1. The Balaban J connectivity index is 1.42. The molecule has 1 aliphatic heterocycles. The van der Waals surface area contributed by atoms with Gasteiger partial charge in [0.15, 0.2) is 23.3 Å². The smallest absolute Gasteiger partial charge is 0.229 e. The van der Waals surface area contributed by atoms with Gasteiger partial charge < -0.3 is 10.2 Å². The molecule has 1 fully saturated rings. The van der Waals surface area contributed by atoms with Crippen molar-refractivity contribution < 1.29 is 13.6 Å². The predicted octanol–water partition coefficient (Wildman–Crippen LogP) is 2.80. The maximum Gasteiger partial charge on any atom is 0.229 e. The number of anilines is 2. The number of carbonyl (C=O) groups excluding carboxylic acids is 1. The molecule has 1 unspecified atom stereocenters. The summed E-state index contributed by atoms with van der Waals surface area (Å²) in [6, 6.07) is 7.02. The summed E-state index contributed by atoms with van der Waals surface area (Å²) in [6.07, 6.45) is 6.62. The van der Waals surface area contributed by atoms with Gasteiger partial charge in [-0.05, 0) is 37.1 Å². The summed E-state index contributed by atoms with van der Waals surface area (Å²) in [4.78, 5) is 18.5. The highest BCUT2D eigenvalue weighted by molar-refractivity contribution is 5.93. The Kier molecular flexibility index (Phi) is 4.96. The van der Waals surface area contributed by atoms with E-state index in [0.717, 1.165) is 25.1 Å². The van der Waals surface area contributed by atoms with Crippen molar-refractivity contribution in [2.75, 3.05) is 23.3 Å². The van der Waals surface area contributed by atoms with E-state index in [4.69, 9.17) is 0 Å². The molecule has 28 heavy (non-hydrogen) atoms. The van der Waals surface area contributed by atoms with Crippen LogP contribution in [0.15, 0.2) is 49.1 Å². The van der Waals surface area contributed by atoms with Crippen LogP contribution in [0.4, 0.5) is 20.3 Å². The van der Waals surface area contributed by atoms with Crippen molar-refractivity contribution >= 4 is 17.4 Å². The second kappa shape index (κ2) is 7.71. The number of nitrogens with zero attached hydrogens (tertiary/aromatic N) is 5. The van der Waals surface area contributed by atoms with Crippen LogP contribution in [-0.4, -0.2) is 38.7 Å². The fourth-order valence-electron chi connectivity index (χ4n) is 3.24. The molecule has 0 radical (unpaired) electrons. The van der Waals surface area contributed by atoms with Crippen molar-refractivity contribution in [3.05, 3.63) is 60.7 Å². The highest BCUT2D eigenvalue weighted by atomic mass is 19.2. The molecule has 0 spiro atoms. The Morgan fingerprint density at radius 2 is 1.93 bits per heavy atom. The lowest BCUT2D eigenvalue weighted by molar-refractivity contribution is -0.120. The van der Waals surface area contributed by atoms with E-state index < -0.39 is 11.6 Å². The Labute approximate surface area is 160 Å². The number of piperidine rings is 1. The average Bonchev–Trinajstić information content (AvgIpc) is 3.26. The van der Waals surface area contributed by atoms with Gasteiger partial charge in [-0.2, -0.15) is 0 Å². The summed E-state index contributed by atoms with van der Waals surface area (Å²) in [7, 11) is 0. The number of nitrogens with one attached hydrogen (secondary N) is 1. The second-order valence-corrected chi connectivity index (χ2v) is 6.62. The van der Waals surface area contributed by atoms with Crippen LogP contribution >= 0.6 is 0 Å². The predicted molar refractivity (Wildman–Crippen MR) is 99.1 cm³/mol. The molecule has 1 aromatic carbocycles. The zero-order valence-corrected chi connectivity index (χ0v) is 14.9. The largest absolute Gasteiger partial charge is 0.354 e. The molecule has 7 nitrogen and oxygen atoms in total. The van der Waals surface area contributed by atoms with Crippen molar-refractivity contribution in [2.45, 2.75) is 12.8 Å². The molecule has 1 aliphatic rings. The third-order valence-electron chi connectivity index (χ3n) is 4.71. The fourth-order valence-corrected chi connectivity index (χ4v) is 3.24. The van der Waals surface area contributed by atoms with Crippen LogP contribution in [0, 0.1) is 17.6 Å². The van der Waals surface area contributed by atoms with Crippen LogP contribution < -0.4 is 10.2 Å². The Hall–Kier alpha value is -3.36. The SMILES string of the molecule is O=C(Nc1ccc(F)c(F)c1)C1CCCN(c2ccc(-n3ccnc3)nn2)C1. The molecule has 1 saturated heterocycles. The average molecular weight is 384 g/mol. The van der Waals surface area contributed by atoms with E-state index in [1.54, 1.807) is 23.3 Å². The number of benzene rings is 1. The molecular formula is C19H18F2N6O. The summed E-state index contributed by atoms with van der Waals surface area (Å²) in [6.45, 7) is 1.25. The van der Waals surface area contributed by atoms with Crippen LogP contribution in [0.2, 0.25) is 0 Å². The molecular weight excluding hydrogens is 366 g/mol. The minimum Gasteiger partial charge on any atom is -0.354 e. The highest BCUT2D eigenvalue weighted by Gasteiger charge is 2.27. The molecule has 1 atom stereocenters. The molecule has 9 heteroatoms. The van der Waals surface area contributed by atoms with Gasteiger partial charge in [-0.25, -0.2) is 13.8 Å². The molecule has 1 amide bonds. The Morgan fingerprint density at radius 1 is 1.11 bits per heavy atom. The van der Waals surface area contributed by atoms with E-state index in [1.807, 2.05) is 17.0 Å². The first-order valence-electron chi connectivity index (χ1n) is 8.93. The summed E-state index contributed by atoms with van der Waals surface area (Å²) in [5.41, 5.74) is 0.241. The third kappa shape index (κ3) is 3.83. The molecule has 1 N–H and O–H groups in total. The van der Waals surface area contributed by atoms with Crippen LogP contribution in [0.1, 0.15) is 12.8 Å². The number of carbonyl (C=O) groups is 1. The van der Waals surface area contributed by atoms with Crippen LogP contribution in [-0.2, 0) is 4.79 Å².